The zero-order chi connectivity index (χ0) is 29.2. The molecule has 1 aliphatic heterocycles. The second kappa shape index (κ2) is 11.6. The molecule has 1 atom stereocenters. The van der Waals surface area contributed by atoms with Gasteiger partial charge in [0.05, 0.1) is 29.4 Å². The summed E-state index contributed by atoms with van der Waals surface area (Å²) in [6.45, 7) is 2.41. The summed E-state index contributed by atoms with van der Waals surface area (Å²) in [5.41, 5.74) is -1.09. The number of nitrogens with zero attached hydrogens (tertiary/aromatic N) is 3. The van der Waals surface area contributed by atoms with E-state index in [1.54, 1.807) is 17.9 Å². The van der Waals surface area contributed by atoms with E-state index in [-0.39, 0.29) is 30.4 Å². The van der Waals surface area contributed by atoms with E-state index in [4.69, 9.17) is 16.9 Å². The van der Waals surface area contributed by atoms with Crippen LogP contribution < -0.4 is 15.5 Å². The van der Waals surface area contributed by atoms with Gasteiger partial charge in [0.2, 0.25) is 5.91 Å². The number of hydrogen-bond acceptors (Lipinski definition) is 5. The van der Waals surface area contributed by atoms with Crippen molar-refractivity contribution in [2.75, 3.05) is 36.4 Å². The molecule has 2 N–H and O–H groups in total. The zero-order valence-corrected chi connectivity index (χ0v) is 22.3. The summed E-state index contributed by atoms with van der Waals surface area (Å²) in [6.07, 6.45) is -4.35. The van der Waals surface area contributed by atoms with Crippen LogP contribution in [-0.2, 0) is 11.3 Å². The molecule has 0 aromatic heterocycles. The van der Waals surface area contributed by atoms with E-state index in [1.165, 1.54) is 18.2 Å². The van der Waals surface area contributed by atoms with E-state index in [2.05, 4.69) is 10.6 Å². The van der Waals surface area contributed by atoms with Crippen molar-refractivity contribution in [1.29, 1.82) is 5.26 Å². The van der Waals surface area contributed by atoms with Gasteiger partial charge in [-0.3, -0.25) is 14.5 Å². The molecular formula is C27H27ClF5N5O2. The average molecular weight is 584 g/mol. The van der Waals surface area contributed by atoms with E-state index in [0.29, 0.717) is 43.2 Å². The highest BCUT2D eigenvalue weighted by Crippen LogP contribution is 2.45. The predicted molar refractivity (Wildman–Crippen MR) is 139 cm³/mol. The minimum Gasteiger partial charge on any atom is -0.367 e. The lowest BCUT2D eigenvalue weighted by Gasteiger charge is -2.41. The van der Waals surface area contributed by atoms with Crippen molar-refractivity contribution in [3.05, 3.63) is 58.1 Å². The number of piperazine rings is 1. The number of hydrogen-bond donors (Lipinski definition) is 2. The van der Waals surface area contributed by atoms with E-state index >= 15 is 0 Å². The van der Waals surface area contributed by atoms with Gasteiger partial charge in [0.15, 0.2) is 11.6 Å². The first-order chi connectivity index (χ1) is 18.8. The second-order valence-electron chi connectivity index (χ2n) is 10.1. The molecule has 2 aromatic rings. The Bertz CT molecular complexity index is 1340. The normalized spacial score (nSPS) is 18.6. The molecule has 13 heteroatoms. The first-order valence-corrected chi connectivity index (χ1v) is 13.0. The predicted octanol–water partition coefficient (Wildman–Crippen LogP) is 5.25. The summed E-state index contributed by atoms with van der Waals surface area (Å²) in [5, 5.41) is 14.5. The van der Waals surface area contributed by atoms with Gasteiger partial charge in [-0.05, 0) is 44.0 Å². The highest BCUT2D eigenvalue weighted by atomic mass is 35.5. The topological polar surface area (TPSA) is 88.5 Å². The third kappa shape index (κ3) is 6.64. The third-order valence-electron chi connectivity index (χ3n) is 7.24. The summed E-state index contributed by atoms with van der Waals surface area (Å²) in [6, 6.07) is 8.60. The minimum absolute atomic E-state index is 0.124. The van der Waals surface area contributed by atoms with Crippen LogP contribution in [0.15, 0.2) is 30.3 Å². The van der Waals surface area contributed by atoms with Crippen molar-refractivity contribution in [3.63, 3.8) is 0 Å². The fourth-order valence-corrected chi connectivity index (χ4v) is 4.81. The Morgan fingerprint density at radius 2 is 1.88 bits per heavy atom. The van der Waals surface area contributed by atoms with Gasteiger partial charge in [0.1, 0.15) is 5.41 Å². The molecule has 0 bridgehead atoms. The van der Waals surface area contributed by atoms with Crippen LogP contribution in [0.5, 0.6) is 0 Å². The number of amides is 2. The minimum atomic E-state index is -4.25. The Morgan fingerprint density at radius 1 is 1.15 bits per heavy atom. The summed E-state index contributed by atoms with van der Waals surface area (Å²) in [7, 11) is 0. The molecule has 40 heavy (non-hydrogen) atoms. The molecule has 1 saturated carbocycles. The fourth-order valence-electron chi connectivity index (χ4n) is 4.64. The number of halogens is 6. The maximum absolute atomic E-state index is 14.9. The molecule has 0 unspecified atom stereocenters. The van der Waals surface area contributed by atoms with Crippen molar-refractivity contribution < 1.29 is 31.5 Å². The fraction of sp³-hybridized carbons (Fsp3) is 0.444. The lowest BCUT2D eigenvalue weighted by atomic mass is 10.1. The summed E-state index contributed by atoms with van der Waals surface area (Å²) in [5.74, 6) is -4.17. The molecule has 2 amide bonds. The molecule has 2 fully saturated rings. The Morgan fingerprint density at radius 3 is 2.50 bits per heavy atom. The molecule has 214 valence electrons. The SMILES string of the molecule is C[C@@H]1CN(c2cc(Cl)ccc2NC(=O)c2ccc(CNC(=O)C3(C#N)CC3)c(F)c2F)CCN1CCC(F)(F)F. The van der Waals surface area contributed by atoms with Crippen LogP contribution in [0.1, 0.15) is 42.1 Å². The van der Waals surface area contributed by atoms with Crippen molar-refractivity contribution in [3.8, 4) is 6.07 Å². The molecule has 1 aliphatic carbocycles. The van der Waals surface area contributed by atoms with E-state index < -0.39 is 47.0 Å². The van der Waals surface area contributed by atoms with Crippen LogP contribution in [0.25, 0.3) is 0 Å². The van der Waals surface area contributed by atoms with Crippen molar-refractivity contribution in [2.24, 2.45) is 5.41 Å². The number of carbonyl (C=O) groups excluding carboxylic acids is 2. The Labute approximate surface area is 232 Å². The Balaban J connectivity index is 1.45. The molecule has 7 nitrogen and oxygen atoms in total. The number of nitriles is 1. The maximum atomic E-state index is 14.9. The van der Waals surface area contributed by atoms with Crippen LogP contribution in [0.4, 0.5) is 33.3 Å². The molecule has 1 saturated heterocycles. The van der Waals surface area contributed by atoms with Gasteiger partial charge in [0.25, 0.3) is 5.91 Å². The lowest BCUT2D eigenvalue weighted by Crippen LogP contribution is -2.52. The standard InChI is InChI=1S/C27H27ClF5N5O2/c1-16-14-38(11-10-37(16)9-8-27(31,32)33)21-12-18(28)3-5-20(21)36-24(39)19-4-2-17(22(29)23(19)30)13-35-25(40)26(15-34)6-7-26/h2-5,12,16H,6-11,13-14H2,1H3,(H,35,40)(H,36,39)/t16-/m1/s1. The molecule has 1 heterocycles. The van der Waals surface area contributed by atoms with E-state index in [9.17, 15) is 31.5 Å². The van der Waals surface area contributed by atoms with E-state index in [1.807, 2.05) is 11.0 Å². The highest BCUT2D eigenvalue weighted by Gasteiger charge is 2.50. The molecule has 4 rings (SSSR count). The van der Waals surface area contributed by atoms with E-state index in [0.717, 1.165) is 6.07 Å². The third-order valence-corrected chi connectivity index (χ3v) is 7.48. The van der Waals surface area contributed by atoms with Gasteiger partial charge >= 0.3 is 6.18 Å². The van der Waals surface area contributed by atoms with Gasteiger partial charge in [-0.2, -0.15) is 18.4 Å². The number of rotatable bonds is 8. The molecule has 0 spiro atoms. The van der Waals surface area contributed by atoms with Crippen molar-refractivity contribution in [1.82, 2.24) is 10.2 Å². The largest absolute Gasteiger partial charge is 0.390 e. The highest BCUT2D eigenvalue weighted by molar-refractivity contribution is 6.31. The number of carbonyl (C=O) groups is 2. The molecule has 2 aliphatic rings. The summed E-state index contributed by atoms with van der Waals surface area (Å²) in [4.78, 5) is 28.7. The number of nitrogens with one attached hydrogen (secondary N) is 2. The Kier molecular flexibility index (Phi) is 8.56. The molecule has 2 aromatic carbocycles. The van der Waals surface area contributed by atoms with Gasteiger partial charge in [0, 0.05) is 49.4 Å². The monoisotopic (exact) mass is 583 g/mol. The number of benzene rings is 2. The van der Waals surface area contributed by atoms with Gasteiger partial charge in [-0.1, -0.05) is 17.7 Å². The second-order valence-corrected chi connectivity index (χ2v) is 10.5. The van der Waals surface area contributed by atoms with Crippen LogP contribution in [0, 0.1) is 28.4 Å². The quantitative estimate of drug-likeness (QED) is 0.414. The number of anilines is 2. The van der Waals surface area contributed by atoms with Crippen LogP contribution in [-0.4, -0.2) is 55.1 Å². The van der Waals surface area contributed by atoms with Crippen molar-refractivity contribution >= 4 is 34.8 Å². The first kappa shape index (κ1) is 29.6. The van der Waals surface area contributed by atoms with Crippen molar-refractivity contribution in [2.45, 2.75) is 44.9 Å². The summed E-state index contributed by atoms with van der Waals surface area (Å²) >= 11 is 6.18. The average Bonchev–Trinajstić information content (AvgIpc) is 3.70. The summed E-state index contributed by atoms with van der Waals surface area (Å²) < 4.78 is 67.7. The number of alkyl halides is 3. The zero-order valence-electron chi connectivity index (χ0n) is 21.5. The van der Waals surface area contributed by atoms with Crippen LogP contribution in [0.2, 0.25) is 5.02 Å². The maximum Gasteiger partial charge on any atom is 0.390 e. The molecule has 0 radical (unpaired) electrons. The lowest BCUT2D eigenvalue weighted by molar-refractivity contribution is -0.139. The van der Waals surface area contributed by atoms with Crippen LogP contribution >= 0.6 is 11.6 Å². The van der Waals surface area contributed by atoms with Gasteiger partial charge in [-0.15, -0.1) is 0 Å². The smallest absolute Gasteiger partial charge is 0.367 e. The van der Waals surface area contributed by atoms with Crippen LogP contribution in [0.3, 0.4) is 0 Å². The molecular weight excluding hydrogens is 557 g/mol. The first-order valence-electron chi connectivity index (χ1n) is 12.7. The Hall–Kier alpha value is -3.43. The van der Waals surface area contributed by atoms with Gasteiger partial charge in [-0.25, -0.2) is 8.78 Å². The van der Waals surface area contributed by atoms with Gasteiger partial charge < -0.3 is 15.5 Å².